The lowest BCUT2D eigenvalue weighted by Gasteiger charge is -2.06. The summed E-state index contributed by atoms with van der Waals surface area (Å²) >= 11 is 0. The normalized spacial score (nSPS) is 12.3. The molecule has 20 heavy (non-hydrogen) atoms. The molecule has 1 atom stereocenters. The second-order valence-electron chi connectivity index (χ2n) is 4.24. The highest BCUT2D eigenvalue weighted by Gasteiger charge is 2.28. The second-order valence-corrected chi connectivity index (χ2v) is 6.34. The minimum Gasteiger partial charge on any atom is -0.503 e. The van der Waals surface area contributed by atoms with Crippen molar-refractivity contribution in [3.8, 4) is 5.75 Å². The molecule has 1 heterocycles. The smallest absolute Gasteiger partial charge is 0.396 e. The Bertz CT molecular complexity index is 692. The van der Waals surface area contributed by atoms with Gasteiger partial charge in [-0.25, -0.2) is 4.79 Å². The van der Waals surface area contributed by atoms with Crippen molar-refractivity contribution < 1.29 is 19.1 Å². The number of carbonyl (C=O) groups excluding carboxylic acids is 1. The van der Waals surface area contributed by atoms with Crippen LogP contribution in [0.1, 0.15) is 6.92 Å². The van der Waals surface area contributed by atoms with E-state index in [1.807, 2.05) is 6.26 Å². The fraction of sp³-hybridized carbons (Fsp3) is 0.286. The number of aromatic hydroxyl groups is 1. The largest absolute Gasteiger partial charge is 0.503 e. The highest BCUT2D eigenvalue weighted by atomic mass is 32.2. The summed E-state index contributed by atoms with van der Waals surface area (Å²) in [6.45, 7) is 1.54. The molecule has 0 radical (unpaired) electrons. The van der Waals surface area contributed by atoms with Gasteiger partial charge in [-0.05, 0) is 12.1 Å². The number of carbonyl (C=O) groups is 1. The average Bonchev–Trinajstić information content (AvgIpc) is 2.38. The van der Waals surface area contributed by atoms with E-state index in [0.717, 1.165) is 0 Å². The van der Waals surface area contributed by atoms with Crippen LogP contribution in [0.4, 0.5) is 0 Å². The first kappa shape index (κ1) is 14.5. The fourth-order valence-corrected chi connectivity index (χ4v) is 3.14. The van der Waals surface area contributed by atoms with Gasteiger partial charge in [-0.3, -0.25) is 4.79 Å². The van der Waals surface area contributed by atoms with Crippen molar-refractivity contribution in [2.75, 3.05) is 18.6 Å². The lowest BCUT2D eigenvalue weighted by Crippen LogP contribution is -2.20. The first-order chi connectivity index (χ1) is 9.50. The number of hydrogen-bond donors (Lipinski definition) is 1. The summed E-state index contributed by atoms with van der Waals surface area (Å²) in [7, 11) is -0.562. The molecule has 5 nitrogen and oxygen atoms in total. The van der Waals surface area contributed by atoms with Crippen molar-refractivity contribution in [2.24, 2.45) is 0 Å². The number of hydrogen-bond acceptors (Lipinski definition) is 5. The van der Waals surface area contributed by atoms with Gasteiger partial charge < -0.3 is 14.3 Å². The molecule has 0 amide bonds. The van der Waals surface area contributed by atoms with Crippen LogP contribution in [0.15, 0.2) is 38.4 Å². The van der Waals surface area contributed by atoms with E-state index in [2.05, 4.69) is 0 Å². The Morgan fingerprint density at radius 1 is 1.40 bits per heavy atom. The molecule has 0 saturated carbocycles. The molecule has 0 aliphatic heterocycles. The van der Waals surface area contributed by atoms with Crippen LogP contribution in [0.3, 0.4) is 0 Å². The zero-order valence-electron chi connectivity index (χ0n) is 11.2. The molecule has 106 valence electrons. The Morgan fingerprint density at radius 2 is 2.10 bits per heavy atom. The van der Waals surface area contributed by atoms with Crippen molar-refractivity contribution in [2.45, 2.75) is 11.8 Å². The van der Waals surface area contributed by atoms with Gasteiger partial charge >= 0.3 is 11.6 Å². The van der Waals surface area contributed by atoms with Gasteiger partial charge in [0.05, 0.1) is 5.39 Å². The Balaban J connectivity index is 2.33. The molecule has 0 saturated heterocycles. The number of rotatable bonds is 4. The molecule has 1 unspecified atom stereocenters. The second kappa shape index (κ2) is 6.00. The van der Waals surface area contributed by atoms with Gasteiger partial charge in [0.1, 0.15) is 24.2 Å². The van der Waals surface area contributed by atoms with Gasteiger partial charge in [0.15, 0.2) is 5.75 Å². The van der Waals surface area contributed by atoms with Crippen LogP contribution in [0.5, 0.6) is 5.75 Å². The quantitative estimate of drug-likeness (QED) is 0.527. The minimum absolute atomic E-state index is 0.0505. The molecule has 0 aliphatic rings. The number of para-hydroxylation sites is 1. The predicted molar refractivity (Wildman–Crippen MR) is 77.2 cm³/mol. The molecule has 0 spiro atoms. The zero-order chi connectivity index (χ0) is 14.7. The molecule has 0 aliphatic carbocycles. The molecule has 6 heteroatoms. The van der Waals surface area contributed by atoms with E-state index in [-0.39, 0.29) is 23.2 Å². The van der Waals surface area contributed by atoms with Gasteiger partial charge in [0.2, 0.25) is 0 Å². The Hall–Kier alpha value is -1.95. The molecule has 0 bridgehead atoms. The summed E-state index contributed by atoms with van der Waals surface area (Å²) in [5, 5.41) is 10.8. The Kier molecular flexibility index (Phi) is 4.34. The van der Waals surface area contributed by atoms with E-state index < -0.39 is 16.5 Å². The summed E-state index contributed by atoms with van der Waals surface area (Å²) in [6, 6.07) is 6.82. The minimum atomic E-state index is -0.562. The maximum absolute atomic E-state index is 12.0. The Labute approximate surface area is 118 Å². The summed E-state index contributed by atoms with van der Waals surface area (Å²) in [5.74, 6) is 0.0539. The molecule has 2 aromatic rings. The number of fused-ring (bicyclic) bond motifs is 1. The van der Waals surface area contributed by atoms with Gasteiger partial charge in [0.25, 0.3) is 4.90 Å². The summed E-state index contributed by atoms with van der Waals surface area (Å²) < 4.78 is 10.1. The first-order valence-electron chi connectivity index (χ1n) is 6.01. The standard InChI is InChI=1S/C14H14O5S/c1-9(15)18-7-8-20(2)13-12(16)10-5-3-4-6-11(10)19-14(13)17/h3-6H,7-8H2,1-2H3/p+1. The van der Waals surface area contributed by atoms with Gasteiger partial charge in [-0.2, -0.15) is 0 Å². The third kappa shape index (κ3) is 2.96. The lowest BCUT2D eigenvalue weighted by atomic mass is 10.2. The van der Waals surface area contributed by atoms with Crippen LogP contribution in [0.2, 0.25) is 0 Å². The van der Waals surface area contributed by atoms with Crippen molar-refractivity contribution in [1.82, 2.24) is 0 Å². The van der Waals surface area contributed by atoms with E-state index >= 15 is 0 Å². The molecular weight excluding hydrogens is 280 g/mol. The predicted octanol–water partition coefficient (Wildman–Crippen LogP) is 1.67. The van der Waals surface area contributed by atoms with E-state index in [9.17, 15) is 14.7 Å². The Morgan fingerprint density at radius 3 is 2.80 bits per heavy atom. The maximum atomic E-state index is 12.0. The zero-order valence-corrected chi connectivity index (χ0v) is 12.0. The molecule has 1 N–H and O–H groups in total. The van der Waals surface area contributed by atoms with Crippen LogP contribution in [-0.4, -0.2) is 29.7 Å². The first-order valence-corrected chi connectivity index (χ1v) is 7.81. The summed E-state index contributed by atoms with van der Waals surface area (Å²) in [6.07, 6.45) is 1.81. The number of benzene rings is 1. The van der Waals surface area contributed by atoms with E-state index in [1.165, 1.54) is 6.92 Å². The average molecular weight is 295 g/mol. The molecule has 1 aromatic heterocycles. The molecule has 2 rings (SSSR count). The maximum Gasteiger partial charge on any atom is 0.396 e. The fourth-order valence-electron chi connectivity index (χ4n) is 1.84. The summed E-state index contributed by atoms with van der Waals surface area (Å²) in [4.78, 5) is 22.9. The highest BCUT2D eigenvalue weighted by molar-refractivity contribution is 7.96. The lowest BCUT2D eigenvalue weighted by molar-refractivity contribution is -0.140. The van der Waals surface area contributed by atoms with Crippen molar-refractivity contribution in [1.29, 1.82) is 0 Å². The number of ether oxygens (including phenoxy) is 1. The highest BCUT2D eigenvalue weighted by Crippen LogP contribution is 2.29. The van der Waals surface area contributed by atoms with Crippen LogP contribution < -0.4 is 5.63 Å². The van der Waals surface area contributed by atoms with Crippen molar-refractivity contribution in [3.63, 3.8) is 0 Å². The molecule has 1 aromatic carbocycles. The van der Waals surface area contributed by atoms with Crippen LogP contribution in [0.25, 0.3) is 11.0 Å². The molecule has 0 fully saturated rings. The number of esters is 1. The SMILES string of the molecule is CC(=O)OCC[S+](C)c1c(O)c2ccccc2oc1=O. The van der Waals surface area contributed by atoms with Crippen LogP contribution >= 0.6 is 0 Å². The van der Waals surface area contributed by atoms with Crippen LogP contribution in [-0.2, 0) is 20.4 Å². The monoisotopic (exact) mass is 295 g/mol. The topological polar surface area (TPSA) is 76.7 Å². The van der Waals surface area contributed by atoms with Crippen molar-refractivity contribution >= 4 is 27.8 Å². The van der Waals surface area contributed by atoms with Gasteiger partial charge in [-0.15, -0.1) is 0 Å². The van der Waals surface area contributed by atoms with Gasteiger partial charge in [0, 0.05) is 17.8 Å². The van der Waals surface area contributed by atoms with E-state index in [4.69, 9.17) is 9.15 Å². The third-order valence-corrected chi connectivity index (χ3v) is 4.62. The summed E-state index contributed by atoms with van der Waals surface area (Å²) in [5.41, 5.74) is -0.189. The van der Waals surface area contributed by atoms with Crippen molar-refractivity contribution in [3.05, 3.63) is 34.7 Å². The van der Waals surface area contributed by atoms with Gasteiger partial charge in [-0.1, -0.05) is 12.1 Å². The molecular formula is C14H15O5S+. The van der Waals surface area contributed by atoms with E-state index in [1.54, 1.807) is 24.3 Å². The van der Waals surface area contributed by atoms with E-state index in [0.29, 0.717) is 16.7 Å². The van der Waals surface area contributed by atoms with Crippen LogP contribution in [0, 0.1) is 0 Å². The third-order valence-electron chi connectivity index (χ3n) is 2.79.